The highest BCUT2D eigenvalue weighted by Gasteiger charge is 2.32. The van der Waals surface area contributed by atoms with E-state index in [9.17, 15) is 9.59 Å². The van der Waals surface area contributed by atoms with E-state index >= 15 is 0 Å². The van der Waals surface area contributed by atoms with Gasteiger partial charge in [0.2, 0.25) is 5.91 Å². The molecule has 1 amide bonds. The van der Waals surface area contributed by atoms with E-state index in [1.54, 1.807) is 24.3 Å². The van der Waals surface area contributed by atoms with Gasteiger partial charge in [0.15, 0.2) is 5.17 Å². The van der Waals surface area contributed by atoms with Crippen LogP contribution in [0.2, 0.25) is 0 Å². The van der Waals surface area contributed by atoms with Gasteiger partial charge in [0.05, 0.1) is 12.6 Å². The van der Waals surface area contributed by atoms with E-state index in [4.69, 9.17) is 16.3 Å². The normalized spacial score (nSPS) is 18.8. The van der Waals surface area contributed by atoms with Gasteiger partial charge in [0, 0.05) is 0 Å². The summed E-state index contributed by atoms with van der Waals surface area (Å²) in [5, 5.41) is 18.5. The van der Waals surface area contributed by atoms with E-state index in [1.165, 1.54) is 6.21 Å². The first-order valence-electron chi connectivity index (χ1n) is 6.55. The van der Waals surface area contributed by atoms with Crippen molar-refractivity contribution in [3.8, 4) is 18.1 Å². The van der Waals surface area contributed by atoms with Crippen LogP contribution in [0.15, 0.2) is 34.5 Å². The molecule has 2 N–H and O–H groups in total. The second-order valence-corrected chi connectivity index (χ2v) is 5.60. The fourth-order valence-electron chi connectivity index (χ4n) is 1.70. The fourth-order valence-corrected chi connectivity index (χ4v) is 2.62. The van der Waals surface area contributed by atoms with E-state index in [2.05, 4.69) is 21.4 Å². The lowest BCUT2D eigenvalue weighted by molar-refractivity contribution is -0.138. The molecule has 0 radical (unpaired) electrons. The number of terminal acetylenes is 1. The molecule has 8 heteroatoms. The molecular formula is C15H13N3O4S. The van der Waals surface area contributed by atoms with Crippen LogP contribution in [0.1, 0.15) is 12.0 Å². The summed E-state index contributed by atoms with van der Waals surface area (Å²) in [7, 11) is 0. The molecular weight excluding hydrogens is 318 g/mol. The van der Waals surface area contributed by atoms with Crippen LogP contribution >= 0.6 is 11.8 Å². The molecule has 1 atom stereocenters. The second-order valence-electron chi connectivity index (χ2n) is 4.41. The van der Waals surface area contributed by atoms with Crippen molar-refractivity contribution in [2.45, 2.75) is 11.7 Å². The van der Waals surface area contributed by atoms with Crippen LogP contribution in [-0.4, -0.2) is 40.2 Å². The molecule has 2 rings (SSSR count). The highest BCUT2D eigenvalue weighted by molar-refractivity contribution is 8.15. The third kappa shape index (κ3) is 5.16. The van der Waals surface area contributed by atoms with Gasteiger partial charge in [-0.3, -0.25) is 9.59 Å². The molecule has 1 fully saturated rings. The first kappa shape index (κ1) is 16.6. The maximum Gasteiger partial charge on any atom is 0.305 e. The predicted molar refractivity (Wildman–Crippen MR) is 87.6 cm³/mol. The highest BCUT2D eigenvalue weighted by Crippen LogP contribution is 2.22. The summed E-state index contributed by atoms with van der Waals surface area (Å²) >= 11 is 1.04. The van der Waals surface area contributed by atoms with Gasteiger partial charge in [-0.1, -0.05) is 29.8 Å². The standard InChI is InChI=1S/C15H13N3O4S/c1-2-6-22-11-5-3-4-10(7-11)9-16-18-15-17-14(21)12(23-15)8-13(19)20/h1,3-5,7,9,12H,6,8H2,(H,19,20)(H,17,18,21). The minimum absolute atomic E-state index is 0.177. The Morgan fingerprint density at radius 1 is 1.57 bits per heavy atom. The maximum atomic E-state index is 11.5. The summed E-state index contributed by atoms with van der Waals surface area (Å²) in [5.41, 5.74) is 0.750. The Balaban J connectivity index is 1.97. The number of nitrogens with one attached hydrogen (secondary N) is 1. The van der Waals surface area contributed by atoms with Crippen molar-refractivity contribution in [1.82, 2.24) is 5.32 Å². The van der Waals surface area contributed by atoms with Gasteiger partial charge in [0.25, 0.3) is 0 Å². The summed E-state index contributed by atoms with van der Waals surface area (Å²) in [5.74, 6) is 1.58. The zero-order valence-electron chi connectivity index (χ0n) is 11.9. The Morgan fingerprint density at radius 2 is 2.39 bits per heavy atom. The lowest BCUT2D eigenvalue weighted by Crippen LogP contribution is -2.26. The molecule has 1 aromatic rings. The van der Waals surface area contributed by atoms with Gasteiger partial charge in [0.1, 0.15) is 17.6 Å². The molecule has 0 bridgehead atoms. The molecule has 0 aliphatic carbocycles. The number of amides is 1. The van der Waals surface area contributed by atoms with Crippen molar-refractivity contribution in [1.29, 1.82) is 0 Å². The number of hydrogen-bond acceptors (Lipinski definition) is 6. The number of hydrogen-bond donors (Lipinski definition) is 2. The van der Waals surface area contributed by atoms with Gasteiger partial charge in [-0.05, 0) is 17.7 Å². The Morgan fingerprint density at radius 3 is 3.13 bits per heavy atom. The molecule has 1 aliphatic heterocycles. The van der Waals surface area contributed by atoms with Gasteiger partial charge >= 0.3 is 5.97 Å². The minimum Gasteiger partial charge on any atom is -0.481 e. The second kappa shape index (κ2) is 8.00. The van der Waals surface area contributed by atoms with E-state index in [0.717, 1.165) is 17.3 Å². The van der Waals surface area contributed by atoms with E-state index in [0.29, 0.717) is 5.75 Å². The number of amidine groups is 1. The van der Waals surface area contributed by atoms with E-state index in [-0.39, 0.29) is 24.1 Å². The maximum absolute atomic E-state index is 11.5. The largest absolute Gasteiger partial charge is 0.481 e. The zero-order chi connectivity index (χ0) is 16.7. The number of benzene rings is 1. The van der Waals surface area contributed by atoms with Crippen molar-refractivity contribution < 1.29 is 19.4 Å². The number of aliphatic carboxylic acids is 1. The molecule has 1 heterocycles. The number of carbonyl (C=O) groups excluding carboxylic acids is 1. The third-order valence-corrected chi connectivity index (χ3v) is 3.74. The summed E-state index contributed by atoms with van der Waals surface area (Å²) < 4.78 is 5.29. The van der Waals surface area contributed by atoms with Gasteiger partial charge in [-0.15, -0.1) is 11.5 Å². The average molecular weight is 331 g/mol. The smallest absolute Gasteiger partial charge is 0.305 e. The number of carboxylic acids is 1. The molecule has 118 valence electrons. The van der Waals surface area contributed by atoms with Crippen molar-refractivity contribution in [2.75, 3.05) is 6.61 Å². The van der Waals surface area contributed by atoms with Crippen molar-refractivity contribution in [3.63, 3.8) is 0 Å². The van der Waals surface area contributed by atoms with Gasteiger partial charge in [-0.2, -0.15) is 5.10 Å². The summed E-state index contributed by atoms with van der Waals surface area (Å²) in [6.07, 6.45) is 6.36. The predicted octanol–water partition coefficient (Wildman–Crippen LogP) is 1.09. The number of thioether (sulfide) groups is 1. The molecule has 0 saturated carbocycles. The van der Waals surface area contributed by atoms with E-state index < -0.39 is 11.2 Å². The molecule has 23 heavy (non-hydrogen) atoms. The molecule has 1 aromatic carbocycles. The Kier molecular flexibility index (Phi) is 5.77. The van der Waals surface area contributed by atoms with Crippen LogP contribution in [-0.2, 0) is 9.59 Å². The number of carbonyl (C=O) groups is 2. The van der Waals surface area contributed by atoms with Gasteiger partial charge < -0.3 is 15.2 Å². The minimum atomic E-state index is -1.04. The van der Waals surface area contributed by atoms with Crippen molar-refractivity contribution in [2.24, 2.45) is 10.2 Å². The Hall–Kier alpha value is -2.79. The number of nitrogens with zero attached hydrogens (tertiary/aromatic N) is 2. The van der Waals surface area contributed by atoms with Crippen LogP contribution in [0.5, 0.6) is 5.75 Å². The number of carboxylic acid groups (broad SMARTS) is 1. The molecule has 0 aromatic heterocycles. The van der Waals surface area contributed by atoms with Crippen LogP contribution in [0.25, 0.3) is 0 Å². The van der Waals surface area contributed by atoms with Crippen molar-refractivity contribution >= 4 is 35.0 Å². The molecule has 7 nitrogen and oxygen atoms in total. The third-order valence-electron chi connectivity index (χ3n) is 2.67. The van der Waals surface area contributed by atoms with Crippen LogP contribution < -0.4 is 10.1 Å². The molecule has 1 aliphatic rings. The van der Waals surface area contributed by atoms with Crippen molar-refractivity contribution in [3.05, 3.63) is 29.8 Å². The molecule has 0 spiro atoms. The van der Waals surface area contributed by atoms with E-state index in [1.807, 2.05) is 0 Å². The zero-order valence-corrected chi connectivity index (χ0v) is 12.7. The Labute approximate surface area is 136 Å². The van der Waals surface area contributed by atoms with Crippen LogP contribution in [0.3, 0.4) is 0 Å². The lowest BCUT2D eigenvalue weighted by Gasteiger charge is -2.01. The first-order valence-corrected chi connectivity index (χ1v) is 7.43. The summed E-state index contributed by atoms with van der Waals surface area (Å²) in [4.78, 5) is 22.2. The monoisotopic (exact) mass is 331 g/mol. The Bertz CT molecular complexity index is 709. The fraction of sp³-hybridized carbons (Fsp3) is 0.200. The molecule has 1 saturated heterocycles. The average Bonchev–Trinajstić information content (AvgIpc) is 2.85. The van der Waals surface area contributed by atoms with Gasteiger partial charge in [-0.25, -0.2) is 0 Å². The molecule has 1 unspecified atom stereocenters. The summed E-state index contributed by atoms with van der Waals surface area (Å²) in [6, 6.07) is 7.11. The highest BCUT2D eigenvalue weighted by atomic mass is 32.2. The quantitative estimate of drug-likeness (QED) is 0.462. The van der Waals surface area contributed by atoms with Crippen LogP contribution in [0.4, 0.5) is 0 Å². The number of rotatable bonds is 6. The summed E-state index contributed by atoms with van der Waals surface area (Å²) in [6.45, 7) is 0.177. The number of ether oxygens (including phenoxy) is 1. The van der Waals surface area contributed by atoms with Crippen LogP contribution in [0, 0.1) is 12.3 Å². The topological polar surface area (TPSA) is 100 Å². The lowest BCUT2D eigenvalue weighted by atomic mass is 10.2. The SMILES string of the molecule is C#CCOc1cccc(C=NN=C2NC(=O)C(CC(=O)O)S2)c1. The first-order chi connectivity index (χ1) is 11.1.